The highest BCUT2D eigenvalue weighted by atomic mass is 16.5. The number of carbonyl (C=O) groups is 1. The Bertz CT molecular complexity index is 285. The Labute approximate surface area is 96.1 Å². The van der Waals surface area contributed by atoms with Crippen molar-refractivity contribution in [3.8, 4) is 0 Å². The second kappa shape index (κ2) is 4.00. The molecule has 4 nitrogen and oxygen atoms in total. The molecule has 1 amide bonds. The number of hydrogen-bond acceptors (Lipinski definition) is 3. The van der Waals surface area contributed by atoms with E-state index in [0.29, 0.717) is 17.8 Å². The van der Waals surface area contributed by atoms with Gasteiger partial charge in [0.05, 0.1) is 12.1 Å². The fraction of sp³-hybridized carbons (Fsp3) is 0.917. The summed E-state index contributed by atoms with van der Waals surface area (Å²) in [5.74, 6) is 2.00. The highest BCUT2D eigenvalue weighted by Crippen LogP contribution is 2.57. The molecule has 2 aliphatic carbocycles. The molecule has 3 rings (SSSR count). The Morgan fingerprint density at radius 2 is 2.06 bits per heavy atom. The van der Waals surface area contributed by atoms with E-state index in [2.05, 4.69) is 10.6 Å². The average molecular weight is 224 g/mol. The molecule has 0 radical (unpaired) electrons. The van der Waals surface area contributed by atoms with Gasteiger partial charge in [0.1, 0.15) is 0 Å². The van der Waals surface area contributed by atoms with Gasteiger partial charge < -0.3 is 15.4 Å². The van der Waals surface area contributed by atoms with Gasteiger partial charge in [-0.25, -0.2) is 0 Å². The fourth-order valence-corrected chi connectivity index (χ4v) is 3.54. The Kier molecular flexibility index (Phi) is 2.64. The van der Waals surface area contributed by atoms with E-state index in [4.69, 9.17) is 4.74 Å². The standard InChI is InChI=1S/C12H20N2O2/c1-16-10-6-13-5-9(10)14-12(15)11-7-3-2-4-8(7)11/h7-11,13H,2-6H2,1H3,(H,14,15). The lowest BCUT2D eigenvalue weighted by molar-refractivity contribution is -0.124. The van der Waals surface area contributed by atoms with Gasteiger partial charge in [0.2, 0.25) is 5.91 Å². The third-order valence-electron chi connectivity index (χ3n) is 4.50. The molecule has 1 aliphatic heterocycles. The predicted molar refractivity (Wildman–Crippen MR) is 59.9 cm³/mol. The average Bonchev–Trinajstić information content (AvgIpc) is 2.71. The van der Waals surface area contributed by atoms with Crippen molar-refractivity contribution < 1.29 is 9.53 Å². The van der Waals surface area contributed by atoms with Crippen LogP contribution in [0, 0.1) is 17.8 Å². The minimum absolute atomic E-state index is 0.141. The molecular weight excluding hydrogens is 204 g/mol. The van der Waals surface area contributed by atoms with Gasteiger partial charge >= 0.3 is 0 Å². The maximum absolute atomic E-state index is 12.0. The molecule has 1 saturated heterocycles. The van der Waals surface area contributed by atoms with Crippen molar-refractivity contribution in [1.82, 2.24) is 10.6 Å². The second-order valence-corrected chi connectivity index (χ2v) is 5.33. The predicted octanol–water partition coefficient (Wildman–Crippen LogP) is 0.135. The van der Waals surface area contributed by atoms with Crippen LogP contribution >= 0.6 is 0 Å². The number of amides is 1. The molecule has 0 aromatic carbocycles. The molecule has 1 heterocycles. The SMILES string of the molecule is COC1CNCC1NC(=O)C1C2CCCC21. The topological polar surface area (TPSA) is 50.4 Å². The smallest absolute Gasteiger partial charge is 0.224 e. The highest BCUT2D eigenvalue weighted by Gasteiger charge is 2.56. The zero-order chi connectivity index (χ0) is 11.1. The summed E-state index contributed by atoms with van der Waals surface area (Å²) in [6.07, 6.45) is 3.99. The van der Waals surface area contributed by atoms with Crippen molar-refractivity contribution in [2.45, 2.75) is 31.4 Å². The van der Waals surface area contributed by atoms with E-state index in [9.17, 15) is 4.79 Å². The van der Waals surface area contributed by atoms with E-state index in [1.54, 1.807) is 7.11 Å². The van der Waals surface area contributed by atoms with Crippen LogP contribution in [0.25, 0.3) is 0 Å². The summed E-state index contributed by atoms with van der Waals surface area (Å²) >= 11 is 0. The minimum atomic E-state index is 0.141. The molecule has 4 atom stereocenters. The summed E-state index contributed by atoms with van der Waals surface area (Å²) < 4.78 is 5.34. The van der Waals surface area contributed by atoms with E-state index in [0.717, 1.165) is 13.1 Å². The molecule has 2 N–H and O–H groups in total. The molecule has 4 heteroatoms. The molecule has 0 bridgehead atoms. The summed E-state index contributed by atoms with van der Waals surface area (Å²) in [5, 5.41) is 6.39. The number of methoxy groups -OCH3 is 1. The molecular formula is C12H20N2O2. The van der Waals surface area contributed by atoms with Crippen molar-refractivity contribution in [1.29, 1.82) is 0 Å². The van der Waals surface area contributed by atoms with Crippen molar-refractivity contribution in [3.63, 3.8) is 0 Å². The molecule has 2 saturated carbocycles. The zero-order valence-corrected chi connectivity index (χ0v) is 9.74. The van der Waals surface area contributed by atoms with Crippen LogP contribution in [0.15, 0.2) is 0 Å². The van der Waals surface area contributed by atoms with Gasteiger partial charge in [-0.1, -0.05) is 6.42 Å². The lowest BCUT2D eigenvalue weighted by Gasteiger charge is -2.19. The molecule has 16 heavy (non-hydrogen) atoms. The Morgan fingerprint density at radius 1 is 1.31 bits per heavy atom. The van der Waals surface area contributed by atoms with Gasteiger partial charge in [0.15, 0.2) is 0 Å². The van der Waals surface area contributed by atoms with Crippen LogP contribution in [0.2, 0.25) is 0 Å². The maximum Gasteiger partial charge on any atom is 0.224 e. The molecule has 90 valence electrons. The zero-order valence-electron chi connectivity index (χ0n) is 9.74. The number of nitrogens with one attached hydrogen (secondary N) is 2. The van der Waals surface area contributed by atoms with Crippen LogP contribution in [0.1, 0.15) is 19.3 Å². The van der Waals surface area contributed by atoms with Gasteiger partial charge in [-0.3, -0.25) is 4.79 Å². The molecule has 3 fully saturated rings. The third-order valence-corrected chi connectivity index (χ3v) is 4.50. The van der Waals surface area contributed by atoms with Crippen LogP contribution in [0.4, 0.5) is 0 Å². The van der Waals surface area contributed by atoms with E-state index >= 15 is 0 Å². The monoisotopic (exact) mass is 224 g/mol. The molecule has 4 unspecified atom stereocenters. The van der Waals surface area contributed by atoms with Gasteiger partial charge in [0.25, 0.3) is 0 Å². The van der Waals surface area contributed by atoms with Gasteiger partial charge in [-0.2, -0.15) is 0 Å². The van der Waals surface area contributed by atoms with Crippen molar-refractivity contribution in [2.24, 2.45) is 17.8 Å². The third kappa shape index (κ3) is 1.64. The number of ether oxygens (including phenoxy) is 1. The minimum Gasteiger partial charge on any atom is -0.378 e. The number of hydrogen-bond donors (Lipinski definition) is 2. The highest BCUT2D eigenvalue weighted by molar-refractivity contribution is 5.82. The molecule has 3 aliphatic rings. The largest absolute Gasteiger partial charge is 0.378 e. The van der Waals surface area contributed by atoms with Crippen LogP contribution in [-0.4, -0.2) is 38.3 Å². The normalized spacial score (nSPS) is 45.4. The second-order valence-electron chi connectivity index (χ2n) is 5.33. The Balaban J connectivity index is 1.53. The molecule has 0 spiro atoms. The first-order chi connectivity index (χ1) is 7.81. The summed E-state index contributed by atoms with van der Waals surface area (Å²) in [6, 6.07) is 0.166. The first-order valence-electron chi connectivity index (χ1n) is 6.35. The van der Waals surface area contributed by atoms with E-state index in [1.807, 2.05) is 0 Å². The van der Waals surface area contributed by atoms with Crippen LogP contribution < -0.4 is 10.6 Å². The van der Waals surface area contributed by atoms with E-state index < -0.39 is 0 Å². The van der Waals surface area contributed by atoms with Crippen molar-refractivity contribution in [3.05, 3.63) is 0 Å². The Hall–Kier alpha value is -0.610. The van der Waals surface area contributed by atoms with Gasteiger partial charge in [-0.15, -0.1) is 0 Å². The van der Waals surface area contributed by atoms with Crippen molar-refractivity contribution >= 4 is 5.91 Å². The summed E-state index contributed by atoms with van der Waals surface area (Å²) in [6.45, 7) is 1.69. The van der Waals surface area contributed by atoms with Crippen LogP contribution in [0.3, 0.4) is 0 Å². The lowest BCUT2D eigenvalue weighted by atomic mass is 10.1. The van der Waals surface area contributed by atoms with E-state index in [-0.39, 0.29) is 18.1 Å². The van der Waals surface area contributed by atoms with Crippen LogP contribution in [-0.2, 0) is 9.53 Å². The summed E-state index contributed by atoms with van der Waals surface area (Å²) in [4.78, 5) is 12.0. The quantitative estimate of drug-likeness (QED) is 0.717. The van der Waals surface area contributed by atoms with E-state index in [1.165, 1.54) is 19.3 Å². The number of carbonyl (C=O) groups excluding carboxylic acids is 1. The number of fused-ring (bicyclic) bond motifs is 1. The van der Waals surface area contributed by atoms with Gasteiger partial charge in [0, 0.05) is 26.1 Å². The van der Waals surface area contributed by atoms with Crippen LogP contribution in [0.5, 0.6) is 0 Å². The summed E-state index contributed by atoms with van der Waals surface area (Å²) in [7, 11) is 1.71. The van der Waals surface area contributed by atoms with Crippen molar-refractivity contribution in [2.75, 3.05) is 20.2 Å². The first-order valence-corrected chi connectivity index (χ1v) is 6.35. The maximum atomic E-state index is 12.0. The first kappa shape index (κ1) is 10.5. The molecule has 0 aromatic rings. The van der Waals surface area contributed by atoms with Gasteiger partial charge in [-0.05, 0) is 24.7 Å². The number of rotatable bonds is 3. The fourth-order valence-electron chi connectivity index (χ4n) is 3.54. The molecule has 0 aromatic heterocycles. The lowest BCUT2D eigenvalue weighted by Crippen LogP contribution is -2.44. The Morgan fingerprint density at radius 3 is 2.75 bits per heavy atom. The summed E-state index contributed by atoms with van der Waals surface area (Å²) in [5.41, 5.74) is 0.